The summed E-state index contributed by atoms with van der Waals surface area (Å²) in [4.78, 5) is 22.4. The molecule has 25 heavy (non-hydrogen) atoms. The minimum Gasteiger partial charge on any atom is -0.493 e. The first-order chi connectivity index (χ1) is 12.0. The van der Waals surface area contributed by atoms with E-state index in [2.05, 4.69) is 5.32 Å². The largest absolute Gasteiger partial charge is 0.493 e. The van der Waals surface area contributed by atoms with Gasteiger partial charge in [-0.25, -0.2) is 4.79 Å². The Morgan fingerprint density at radius 1 is 1.08 bits per heavy atom. The zero-order valence-electron chi connectivity index (χ0n) is 14.2. The number of carboxylic acid groups (broad SMARTS) is 1. The van der Waals surface area contributed by atoms with E-state index in [1.807, 2.05) is 30.3 Å². The topological polar surface area (TPSA) is 84.9 Å². The van der Waals surface area contributed by atoms with Crippen molar-refractivity contribution < 1.29 is 24.2 Å². The molecule has 0 aromatic heterocycles. The van der Waals surface area contributed by atoms with Crippen LogP contribution in [0.25, 0.3) is 0 Å². The number of hydrogen-bond donors (Lipinski definition) is 2. The Morgan fingerprint density at radius 3 is 2.40 bits per heavy atom. The molecule has 132 valence electrons. The fourth-order valence-electron chi connectivity index (χ4n) is 2.37. The van der Waals surface area contributed by atoms with E-state index < -0.39 is 12.0 Å². The Bertz CT molecular complexity index is 730. The highest BCUT2D eigenvalue weighted by Gasteiger charge is 2.19. The van der Waals surface area contributed by atoms with E-state index in [4.69, 9.17) is 9.47 Å². The first-order valence-electron chi connectivity index (χ1n) is 7.83. The summed E-state index contributed by atoms with van der Waals surface area (Å²) in [5.74, 6) is -0.386. The molecule has 0 aliphatic carbocycles. The highest BCUT2D eigenvalue weighted by atomic mass is 16.5. The number of carbonyl (C=O) groups excluding carboxylic acids is 1. The number of carbonyl (C=O) groups is 2. The zero-order valence-corrected chi connectivity index (χ0v) is 14.2. The van der Waals surface area contributed by atoms with Crippen LogP contribution in [0.5, 0.6) is 11.5 Å². The van der Waals surface area contributed by atoms with E-state index in [1.165, 1.54) is 14.0 Å². The van der Waals surface area contributed by atoms with Gasteiger partial charge in [-0.1, -0.05) is 36.4 Å². The molecule has 1 atom stereocenters. The minimum atomic E-state index is -1.08. The van der Waals surface area contributed by atoms with Crippen molar-refractivity contribution in [3.8, 4) is 11.5 Å². The normalized spacial score (nSPS) is 11.4. The third kappa shape index (κ3) is 5.53. The predicted octanol–water partition coefficient (Wildman–Crippen LogP) is 2.41. The van der Waals surface area contributed by atoms with Crippen LogP contribution >= 0.6 is 0 Å². The summed E-state index contributed by atoms with van der Waals surface area (Å²) in [6, 6.07) is 14.0. The molecule has 2 rings (SSSR count). The maximum absolute atomic E-state index is 11.2. The highest BCUT2D eigenvalue weighted by Crippen LogP contribution is 2.29. The third-order valence-electron chi connectivity index (χ3n) is 3.58. The minimum absolute atomic E-state index is 0.157. The van der Waals surface area contributed by atoms with Gasteiger partial charge in [0.15, 0.2) is 11.5 Å². The summed E-state index contributed by atoms with van der Waals surface area (Å²) in [6.45, 7) is 1.69. The van der Waals surface area contributed by atoms with Crippen molar-refractivity contribution >= 4 is 11.9 Å². The lowest BCUT2D eigenvalue weighted by Crippen LogP contribution is -2.41. The number of amides is 1. The molecule has 0 unspecified atom stereocenters. The molecule has 0 aliphatic heterocycles. The van der Waals surface area contributed by atoms with Gasteiger partial charge < -0.3 is 19.9 Å². The Labute approximate surface area is 146 Å². The molecular weight excluding hydrogens is 322 g/mol. The molecule has 0 aliphatic rings. The Kier molecular flexibility index (Phi) is 6.39. The van der Waals surface area contributed by atoms with Crippen LogP contribution in [0, 0.1) is 0 Å². The van der Waals surface area contributed by atoms with Gasteiger partial charge >= 0.3 is 5.97 Å². The summed E-state index contributed by atoms with van der Waals surface area (Å²) >= 11 is 0. The Morgan fingerprint density at radius 2 is 1.80 bits per heavy atom. The van der Waals surface area contributed by atoms with Crippen LogP contribution in [-0.4, -0.2) is 30.1 Å². The molecule has 0 radical (unpaired) electrons. The number of methoxy groups -OCH3 is 1. The van der Waals surface area contributed by atoms with E-state index in [1.54, 1.807) is 18.2 Å². The van der Waals surface area contributed by atoms with Gasteiger partial charge in [-0.3, -0.25) is 4.79 Å². The molecule has 2 aromatic carbocycles. The van der Waals surface area contributed by atoms with Gasteiger partial charge in [0, 0.05) is 13.3 Å². The van der Waals surface area contributed by atoms with Crippen molar-refractivity contribution in [2.45, 2.75) is 26.0 Å². The molecule has 0 saturated carbocycles. The summed E-state index contributed by atoms with van der Waals surface area (Å²) in [7, 11) is 1.52. The fourth-order valence-corrected chi connectivity index (χ4v) is 2.37. The molecular formula is C19H21NO5. The fraction of sp³-hybridized carbons (Fsp3) is 0.263. The molecule has 6 nitrogen and oxygen atoms in total. The van der Waals surface area contributed by atoms with Crippen molar-refractivity contribution in [1.82, 2.24) is 5.32 Å². The quantitative estimate of drug-likeness (QED) is 0.769. The van der Waals surface area contributed by atoms with Crippen molar-refractivity contribution in [2.24, 2.45) is 0 Å². The molecule has 0 bridgehead atoms. The molecule has 1 amide bonds. The van der Waals surface area contributed by atoms with Gasteiger partial charge in [0.2, 0.25) is 5.91 Å². The van der Waals surface area contributed by atoms with Gasteiger partial charge in [0.25, 0.3) is 0 Å². The molecule has 0 spiro atoms. The van der Waals surface area contributed by atoms with Crippen molar-refractivity contribution in [3.05, 3.63) is 59.7 Å². The maximum atomic E-state index is 11.2. The van der Waals surface area contributed by atoms with Gasteiger partial charge in [0.1, 0.15) is 12.6 Å². The average Bonchev–Trinajstić information content (AvgIpc) is 2.60. The van der Waals surface area contributed by atoms with E-state index in [0.29, 0.717) is 18.1 Å². The van der Waals surface area contributed by atoms with E-state index in [-0.39, 0.29) is 12.3 Å². The molecule has 0 heterocycles. The monoisotopic (exact) mass is 343 g/mol. The second kappa shape index (κ2) is 8.73. The smallest absolute Gasteiger partial charge is 0.326 e. The molecule has 6 heteroatoms. The van der Waals surface area contributed by atoms with E-state index >= 15 is 0 Å². The standard InChI is InChI=1S/C19H21NO5/c1-13(21)20-16(19(22)23)10-15-8-9-17(18(11-15)24-2)25-12-14-6-4-3-5-7-14/h3-9,11,16H,10,12H2,1-2H3,(H,20,21)(H,22,23)/t16-/m0/s1. The summed E-state index contributed by atoms with van der Waals surface area (Å²) < 4.78 is 11.1. The first-order valence-corrected chi connectivity index (χ1v) is 7.83. The van der Waals surface area contributed by atoms with Crippen LogP contribution in [0.3, 0.4) is 0 Å². The molecule has 0 saturated heterocycles. The van der Waals surface area contributed by atoms with Crippen LogP contribution in [0.15, 0.2) is 48.5 Å². The maximum Gasteiger partial charge on any atom is 0.326 e. The van der Waals surface area contributed by atoms with Crippen molar-refractivity contribution in [2.75, 3.05) is 7.11 Å². The van der Waals surface area contributed by atoms with Gasteiger partial charge in [-0.15, -0.1) is 0 Å². The van der Waals surface area contributed by atoms with Gasteiger partial charge in [-0.05, 0) is 23.3 Å². The molecule has 2 N–H and O–H groups in total. The second-order valence-corrected chi connectivity index (χ2v) is 5.55. The number of ether oxygens (including phenoxy) is 2. The third-order valence-corrected chi connectivity index (χ3v) is 3.58. The lowest BCUT2D eigenvalue weighted by Gasteiger charge is -2.15. The molecule has 2 aromatic rings. The second-order valence-electron chi connectivity index (χ2n) is 5.55. The average molecular weight is 343 g/mol. The van der Waals surface area contributed by atoms with E-state index in [0.717, 1.165) is 11.1 Å². The zero-order chi connectivity index (χ0) is 18.2. The summed E-state index contributed by atoms with van der Waals surface area (Å²) in [6.07, 6.45) is 0.157. The van der Waals surface area contributed by atoms with Crippen LogP contribution in [0.1, 0.15) is 18.1 Å². The van der Waals surface area contributed by atoms with Gasteiger partial charge in [-0.2, -0.15) is 0 Å². The van der Waals surface area contributed by atoms with Crippen LogP contribution < -0.4 is 14.8 Å². The number of nitrogens with one attached hydrogen (secondary N) is 1. The van der Waals surface area contributed by atoms with E-state index in [9.17, 15) is 14.7 Å². The summed E-state index contributed by atoms with van der Waals surface area (Å²) in [5.41, 5.74) is 1.76. The Hall–Kier alpha value is -3.02. The number of hydrogen-bond acceptors (Lipinski definition) is 4. The number of benzene rings is 2. The predicted molar refractivity (Wildman–Crippen MR) is 92.7 cm³/mol. The van der Waals surface area contributed by atoms with Crippen molar-refractivity contribution in [3.63, 3.8) is 0 Å². The van der Waals surface area contributed by atoms with Crippen LogP contribution in [0.2, 0.25) is 0 Å². The van der Waals surface area contributed by atoms with Crippen LogP contribution in [-0.2, 0) is 22.6 Å². The Balaban J connectivity index is 2.09. The highest BCUT2D eigenvalue weighted by molar-refractivity contribution is 5.82. The van der Waals surface area contributed by atoms with Crippen LogP contribution in [0.4, 0.5) is 0 Å². The lowest BCUT2D eigenvalue weighted by atomic mass is 10.1. The lowest BCUT2D eigenvalue weighted by molar-refractivity contribution is -0.141. The molecule has 0 fully saturated rings. The number of aliphatic carboxylic acids is 1. The SMILES string of the molecule is COc1cc(C[C@H](NC(C)=O)C(=O)O)ccc1OCc1ccccc1. The summed E-state index contributed by atoms with van der Waals surface area (Å²) in [5, 5.41) is 11.6. The van der Waals surface area contributed by atoms with Crippen molar-refractivity contribution in [1.29, 1.82) is 0 Å². The number of carboxylic acids is 1. The van der Waals surface area contributed by atoms with Gasteiger partial charge in [0.05, 0.1) is 7.11 Å². The number of rotatable bonds is 8. The first kappa shape index (κ1) is 18.3.